The van der Waals surface area contributed by atoms with E-state index in [-0.39, 0.29) is 0 Å². The Labute approximate surface area is 200 Å². The molecule has 0 aliphatic rings. The largest absolute Gasteiger partial charge is 0.408 e. The summed E-state index contributed by atoms with van der Waals surface area (Å²) in [6.45, 7) is 5.55. The molecule has 0 heterocycles. The van der Waals surface area contributed by atoms with Gasteiger partial charge >= 0.3 is 0 Å². The molecule has 2 nitrogen and oxygen atoms in total. The molecule has 0 atom stereocenters. The summed E-state index contributed by atoms with van der Waals surface area (Å²) in [5.41, 5.74) is 0.879. The van der Waals surface area contributed by atoms with E-state index in [0.717, 1.165) is 5.67 Å². The first-order chi connectivity index (χ1) is 16.2. The topological polar surface area (TPSA) is 18.5 Å². The Kier molecular flexibility index (Phi) is 7.73. The average Bonchev–Trinajstić information content (AvgIpc) is 2.90. The Morgan fingerprint density at radius 2 is 0.667 bits per heavy atom. The first-order valence-electron chi connectivity index (χ1n) is 11.7. The van der Waals surface area contributed by atoms with E-state index in [0.29, 0.717) is 13.2 Å². The number of benzene rings is 4. The lowest BCUT2D eigenvalue weighted by Crippen LogP contribution is -2.72. The molecule has 0 saturated heterocycles. The molecule has 0 unspecified atom stereocenters. The molecule has 0 N–H and O–H groups in total. The van der Waals surface area contributed by atoms with Gasteiger partial charge in [-0.15, -0.1) is 0 Å². The first kappa shape index (κ1) is 23.4. The fraction of sp³-hybridized carbons (Fsp3) is 0.172. The maximum Gasteiger partial charge on any atom is 0.255 e. The average molecular weight is 469 g/mol. The zero-order valence-electron chi connectivity index (χ0n) is 19.5. The molecule has 0 aliphatic carbocycles. The Morgan fingerprint density at radius 3 is 0.879 bits per heavy atom. The monoisotopic (exact) mass is 468 g/mol. The molecule has 0 fully saturated rings. The zero-order chi connectivity index (χ0) is 23.0. The van der Waals surface area contributed by atoms with E-state index < -0.39 is 16.6 Å². The fourth-order valence-electron chi connectivity index (χ4n) is 4.85. The van der Waals surface area contributed by atoms with Crippen LogP contribution < -0.4 is 20.7 Å². The Bertz CT molecular complexity index is 933. The molecule has 4 heteroatoms. The molecule has 0 spiro atoms. The lowest BCUT2D eigenvalue weighted by atomic mass is 10.4. The van der Waals surface area contributed by atoms with E-state index in [2.05, 4.69) is 135 Å². The van der Waals surface area contributed by atoms with Crippen LogP contribution in [0.5, 0.6) is 0 Å². The molecule has 0 saturated carbocycles. The number of rotatable bonds is 10. The Morgan fingerprint density at radius 1 is 0.424 bits per heavy atom. The van der Waals surface area contributed by atoms with Gasteiger partial charge in [0.1, 0.15) is 0 Å². The minimum Gasteiger partial charge on any atom is -0.408 e. The summed E-state index contributed by atoms with van der Waals surface area (Å²) >= 11 is 0. The van der Waals surface area contributed by atoms with E-state index >= 15 is 0 Å². The summed E-state index contributed by atoms with van der Waals surface area (Å²) in [7, 11) is -5.30. The van der Waals surface area contributed by atoms with E-state index in [9.17, 15) is 0 Å². The second kappa shape index (κ2) is 10.9. The minimum absolute atomic E-state index is 0.663. The fourth-order valence-corrected chi connectivity index (χ4v) is 17.0. The van der Waals surface area contributed by atoms with Crippen LogP contribution in [0, 0.1) is 0 Å². The van der Waals surface area contributed by atoms with Gasteiger partial charge in [-0.25, -0.2) is 0 Å². The molecule has 0 aromatic heterocycles. The maximum absolute atomic E-state index is 6.94. The van der Waals surface area contributed by atoms with Gasteiger partial charge in [0.05, 0.1) is 0 Å². The molecule has 0 bridgehead atoms. The summed E-state index contributed by atoms with van der Waals surface area (Å²) in [4.78, 5) is 0. The van der Waals surface area contributed by atoms with Gasteiger partial charge in [0.2, 0.25) is 0 Å². The molecular formula is C29H32O2Si2. The van der Waals surface area contributed by atoms with Gasteiger partial charge in [-0.05, 0) is 34.6 Å². The van der Waals surface area contributed by atoms with Gasteiger partial charge in [0, 0.05) is 18.9 Å². The van der Waals surface area contributed by atoms with Crippen LogP contribution in [-0.2, 0) is 8.85 Å². The van der Waals surface area contributed by atoms with Gasteiger partial charge in [0.15, 0.2) is 0 Å². The van der Waals surface area contributed by atoms with Gasteiger partial charge < -0.3 is 8.85 Å². The smallest absolute Gasteiger partial charge is 0.255 e. The third kappa shape index (κ3) is 4.80. The SMILES string of the molecule is CCO[Si](C[Si](OCC)(c1ccccc1)c1ccccc1)(c1ccccc1)c1ccccc1. The highest BCUT2D eigenvalue weighted by Gasteiger charge is 2.51. The van der Waals surface area contributed by atoms with Crippen LogP contribution >= 0.6 is 0 Å². The molecule has 168 valence electrons. The predicted octanol–water partition coefficient (Wildman–Crippen LogP) is 4.12. The Balaban J connectivity index is 2.01. The van der Waals surface area contributed by atoms with Crippen LogP contribution in [0.2, 0.25) is 5.67 Å². The summed E-state index contributed by atoms with van der Waals surface area (Å²) in [6, 6.07) is 43.4. The third-order valence-corrected chi connectivity index (χ3v) is 16.8. The van der Waals surface area contributed by atoms with Crippen molar-refractivity contribution >= 4 is 37.4 Å². The van der Waals surface area contributed by atoms with Crippen molar-refractivity contribution in [3.8, 4) is 0 Å². The van der Waals surface area contributed by atoms with Crippen molar-refractivity contribution in [1.29, 1.82) is 0 Å². The quantitative estimate of drug-likeness (QED) is 0.326. The highest BCUT2D eigenvalue weighted by atomic mass is 28.4. The van der Waals surface area contributed by atoms with Crippen molar-refractivity contribution in [3.63, 3.8) is 0 Å². The van der Waals surface area contributed by atoms with Crippen LogP contribution in [0.3, 0.4) is 0 Å². The number of hydrogen-bond acceptors (Lipinski definition) is 2. The van der Waals surface area contributed by atoms with Crippen LogP contribution in [0.4, 0.5) is 0 Å². The normalized spacial score (nSPS) is 11.9. The molecule has 4 aromatic rings. The molecule has 0 radical (unpaired) electrons. The first-order valence-corrected chi connectivity index (χ1v) is 16.0. The second-order valence-electron chi connectivity index (χ2n) is 8.16. The van der Waals surface area contributed by atoms with Crippen molar-refractivity contribution in [1.82, 2.24) is 0 Å². The van der Waals surface area contributed by atoms with Crippen molar-refractivity contribution in [2.75, 3.05) is 13.2 Å². The van der Waals surface area contributed by atoms with Crippen molar-refractivity contribution in [2.45, 2.75) is 19.5 Å². The van der Waals surface area contributed by atoms with Crippen molar-refractivity contribution < 1.29 is 8.85 Å². The highest BCUT2D eigenvalue weighted by molar-refractivity contribution is 7.12. The summed E-state index contributed by atoms with van der Waals surface area (Å²) in [5, 5.41) is 5.17. The summed E-state index contributed by atoms with van der Waals surface area (Å²) in [5.74, 6) is 0. The highest BCUT2D eigenvalue weighted by Crippen LogP contribution is 2.24. The molecule has 4 aromatic carbocycles. The van der Waals surface area contributed by atoms with Crippen LogP contribution in [0.1, 0.15) is 13.8 Å². The summed E-state index contributed by atoms with van der Waals surface area (Å²) in [6.07, 6.45) is 0. The second-order valence-corrected chi connectivity index (χ2v) is 15.8. The van der Waals surface area contributed by atoms with Gasteiger partial charge in [-0.1, -0.05) is 121 Å². The molecular weight excluding hydrogens is 436 g/mol. The molecule has 4 rings (SSSR count). The van der Waals surface area contributed by atoms with Crippen LogP contribution in [0.15, 0.2) is 121 Å². The lowest BCUT2D eigenvalue weighted by Gasteiger charge is -2.41. The van der Waals surface area contributed by atoms with E-state index in [4.69, 9.17) is 8.85 Å². The van der Waals surface area contributed by atoms with Gasteiger partial charge in [0.25, 0.3) is 16.6 Å². The molecule has 33 heavy (non-hydrogen) atoms. The lowest BCUT2D eigenvalue weighted by molar-refractivity contribution is 0.326. The number of hydrogen-bond donors (Lipinski definition) is 0. The van der Waals surface area contributed by atoms with Crippen LogP contribution in [-0.4, -0.2) is 29.8 Å². The standard InChI is InChI=1S/C29H32O2Si2/c1-3-30-32(26-17-9-5-10-18-26,27-19-11-6-12-20-27)25-33(31-4-2,28-21-13-7-14-22-28)29-23-15-8-16-24-29/h5-24H,3-4,25H2,1-2H3. The van der Waals surface area contributed by atoms with Crippen LogP contribution in [0.25, 0.3) is 0 Å². The minimum atomic E-state index is -2.65. The van der Waals surface area contributed by atoms with Gasteiger partial charge in [-0.2, -0.15) is 0 Å². The van der Waals surface area contributed by atoms with Crippen molar-refractivity contribution in [3.05, 3.63) is 121 Å². The Hall–Kier alpha value is -2.77. The zero-order valence-corrected chi connectivity index (χ0v) is 21.5. The third-order valence-electron chi connectivity index (χ3n) is 6.24. The molecule has 0 amide bonds. The summed E-state index contributed by atoms with van der Waals surface area (Å²) < 4.78 is 13.9. The van der Waals surface area contributed by atoms with E-state index in [1.54, 1.807) is 0 Å². The molecule has 0 aliphatic heterocycles. The van der Waals surface area contributed by atoms with E-state index in [1.165, 1.54) is 20.7 Å². The van der Waals surface area contributed by atoms with E-state index in [1.807, 2.05) is 0 Å². The van der Waals surface area contributed by atoms with Gasteiger partial charge in [-0.3, -0.25) is 0 Å². The maximum atomic E-state index is 6.94. The predicted molar refractivity (Wildman–Crippen MR) is 144 cm³/mol. The van der Waals surface area contributed by atoms with Crippen molar-refractivity contribution in [2.24, 2.45) is 0 Å².